The summed E-state index contributed by atoms with van der Waals surface area (Å²) in [7, 11) is 4.37. The fourth-order valence-corrected chi connectivity index (χ4v) is 2.07. The van der Waals surface area contributed by atoms with E-state index in [4.69, 9.17) is 0 Å². The fourth-order valence-electron chi connectivity index (χ4n) is 2.07. The van der Waals surface area contributed by atoms with Crippen molar-refractivity contribution in [1.82, 2.24) is 4.90 Å². The first-order valence-corrected chi connectivity index (χ1v) is 5.04. The van der Waals surface area contributed by atoms with Crippen LogP contribution >= 0.6 is 0 Å². The maximum Gasteiger partial charge on any atom is 0.0140 e. The molecule has 0 amide bonds. The Morgan fingerprint density at radius 1 is 0.750 bits per heavy atom. The fraction of sp³-hybridized carbons (Fsp3) is 1.00. The zero-order valence-corrected chi connectivity index (χ0v) is 9.76. The topological polar surface area (TPSA) is 3.24 Å². The number of hydrogen-bond acceptors (Lipinski definition) is 1. The number of nitrogens with zero attached hydrogens (tertiary/aromatic N) is 1. The Morgan fingerprint density at radius 3 is 1.25 bits per heavy atom. The molecule has 0 saturated heterocycles. The van der Waals surface area contributed by atoms with Crippen LogP contribution in [-0.4, -0.2) is 25.0 Å². The van der Waals surface area contributed by atoms with Crippen LogP contribution in [0.25, 0.3) is 0 Å². The second kappa shape index (κ2) is 4.86. The lowest BCUT2D eigenvalue weighted by atomic mass is 9.83. The predicted octanol–water partition coefficient (Wildman–Crippen LogP) is 2.86. The van der Waals surface area contributed by atoms with Gasteiger partial charge in [0.05, 0.1) is 0 Å². The van der Waals surface area contributed by atoms with E-state index in [0.29, 0.717) is 6.04 Å². The Balaban J connectivity index is 4.30. The summed E-state index contributed by atoms with van der Waals surface area (Å²) >= 11 is 0. The van der Waals surface area contributed by atoms with Crippen LogP contribution in [0.2, 0.25) is 0 Å². The summed E-state index contributed by atoms with van der Waals surface area (Å²) in [4.78, 5) is 2.36. The van der Waals surface area contributed by atoms with Crippen molar-refractivity contribution in [3.05, 3.63) is 0 Å². The van der Waals surface area contributed by atoms with Gasteiger partial charge in [-0.05, 0) is 31.8 Å². The Morgan fingerprint density at radius 2 is 1.17 bits per heavy atom. The Hall–Kier alpha value is -0.0400. The SMILES string of the molecule is CC(C)C(C)C(C(C)C)N(C)C. The maximum absolute atomic E-state index is 2.36. The molecule has 0 aromatic heterocycles. The minimum Gasteiger partial charge on any atom is -0.306 e. The van der Waals surface area contributed by atoms with Crippen LogP contribution in [0, 0.1) is 17.8 Å². The summed E-state index contributed by atoms with van der Waals surface area (Å²) in [5.41, 5.74) is 0. The molecule has 12 heavy (non-hydrogen) atoms. The monoisotopic (exact) mass is 171 g/mol. The molecule has 2 atom stereocenters. The second-order valence-corrected chi connectivity index (χ2v) is 4.80. The highest BCUT2D eigenvalue weighted by Gasteiger charge is 2.24. The van der Waals surface area contributed by atoms with E-state index in [1.807, 2.05) is 0 Å². The van der Waals surface area contributed by atoms with Crippen LogP contribution in [0.3, 0.4) is 0 Å². The lowest BCUT2D eigenvalue weighted by Crippen LogP contribution is -2.40. The Kier molecular flexibility index (Phi) is 4.84. The largest absolute Gasteiger partial charge is 0.306 e. The summed E-state index contributed by atoms with van der Waals surface area (Å²) in [6.07, 6.45) is 0. The first kappa shape index (κ1) is 12.0. The zero-order valence-electron chi connectivity index (χ0n) is 9.76. The minimum absolute atomic E-state index is 0.713. The molecule has 0 aliphatic heterocycles. The van der Waals surface area contributed by atoms with Gasteiger partial charge in [-0.3, -0.25) is 0 Å². The van der Waals surface area contributed by atoms with Crippen molar-refractivity contribution in [2.24, 2.45) is 17.8 Å². The van der Waals surface area contributed by atoms with Gasteiger partial charge >= 0.3 is 0 Å². The highest BCUT2D eigenvalue weighted by atomic mass is 15.1. The molecule has 0 heterocycles. The van der Waals surface area contributed by atoms with Gasteiger partial charge in [0.2, 0.25) is 0 Å². The van der Waals surface area contributed by atoms with Crippen molar-refractivity contribution in [1.29, 1.82) is 0 Å². The van der Waals surface area contributed by atoms with Crippen molar-refractivity contribution in [3.63, 3.8) is 0 Å². The molecule has 1 heteroatoms. The first-order valence-electron chi connectivity index (χ1n) is 5.04. The van der Waals surface area contributed by atoms with E-state index >= 15 is 0 Å². The molecule has 0 bridgehead atoms. The Labute approximate surface area is 78.1 Å². The molecular formula is C11H25N. The number of rotatable bonds is 4. The van der Waals surface area contributed by atoms with E-state index in [2.05, 4.69) is 53.6 Å². The molecule has 0 radical (unpaired) electrons. The summed E-state index contributed by atoms with van der Waals surface area (Å²) in [6.45, 7) is 11.6. The van der Waals surface area contributed by atoms with Gasteiger partial charge in [0.25, 0.3) is 0 Å². The standard InChI is InChI=1S/C11H25N/c1-8(2)10(5)11(9(3)4)12(6)7/h8-11H,1-7H3. The van der Waals surface area contributed by atoms with E-state index in [-0.39, 0.29) is 0 Å². The van der Waals surface area contributed by atoms with Crippen LogP contribution in [0.15, 0.2) is 0 Å². The van der Waals surface area contributed by atoms with Gasteiger partial charge in [-0.25, -0.2) is 0 Å². The quantitative estimate of drug-likeness (QED) is 0.628. The summed E-state index contributed by atoms with van der Waals surface area (Å²) < 4.78 is 0. The minimum atomic E-state index is 0.713. The van der Waals surface area contributed by atoms with Crippen LogP contribution in [0.5, 0.6) is 0 Å². The van der Waals surface area contributed by atoms with E-state index in [9.17, 15) is 0 Å². The van der Waals surface area contributed by atoms with Crippen molar-refractivity contribution >= 4 is 0 Å². The van der Waals surface area contributed by atoms with Crippen LogP contribution in [0.4, 0.5) is 0 Å². The molecule has 74 valence electrons. The molecule has 0 saturated carbocycles. The first-order chi connectivity index (χ1) is 5.37. The van der Waals surface area contributed by atoms with E-state index < -0.39 is 0 Å². The average molecular weight is 171 g/mol. The molecule has 0 aromatic carbocycles. The van der Waals surface area contributed by atoms with Gasteiger partial charge in [0.15, 0.2) is 0 Å². The third-order valence-corrected chi connectivity index (χ3v) is 2.87. The number of hydrogen-bond donors (Lipinski definition) is 0. The predicted molar refractivity (Wildman–Crippen MR) is 56.3 cm³/mol. The Bertz CT molecular complexity index is 108. The highest BCUT2D eigenvalue weighted by molar-refractivity contribution is 4.77. The van der Waals surface area contributed by atoms with Crippen LogP contribution in [0.1, 0.15) is 34.6 Å². The highest BCUT2D eigenvalue weighted by Crippen LogP contribution is 2.23. The summed E-state index contributed by atoms with van der Waals surface area (Å²) in [5, 5.41) is 0. The second-order valence-electron chi connectivity index (χ2n) is 4.80. The molecule has 1 nitrogen and oxygen atoms in total. The average Bonchev–Trinajstić information content (AvgIpc) is 1.85. The van der Waals surface area contributed by atoms with Crippen molar-refractivity contribution in [3.8, 4) is 0 Å². The van der Waals surface area contributed by atoms with E-state index in [1.165, 1.54) is 0 Å². The molecule has 0 aliphatic carbocycles. The van der Waals surface area contributed by atoms with Gasteiger partial charge in [0, 0.05) is 6.04 Å². The molecule has 0 fully saturated rings. The smallest absolute Gasteiger partial charge is 0.0140 e. The molecule has 2 unspecified atom stereocenters. The zero-order chi connectivity index (χ0) is 9.89. The normalized spacial score (nSPS) is 17.5. The van der Waals surface area contributed by atoms with Crippen molar-refractivity contribution in [2.75, 3.05) is 14.1 Å². The van der Waals surface area contributed by atoms with Crippen molar-refractivity contribution < 1.29 is 0 Å². The van der Waals surface area contributed by atoms with Gasteiger partial charge in [0.1, 0.15) is 0 Å². The summed E-state index contributed by atoms with van der Waals surface area (Å²) in [6, 6.07) is 0.713. The molecule has 0 aliphatic rings. The van der Waals surface area contributed by atoms with Gasteiger partial charge in [-0.2, -0.15) is 0 Å². The van der Waals surface area contributed by atoms with Crippen molar-refractivity contribution in [2.45, 2.75) is 40.7 Å². The van der Waals surface area contributed by atoms with E-state index in [0.717, 1.165) is 17.8 Å². The third kappa shape index (κ3) is 3.14. The van der Waals surface area contributed by atoms with Gasteiger partial charge in [-0.15, -0.1) is 0 Å². The van der Waals surface area contributed by atoms with Crippen LogP contribution in [-0.2, 0) is 0 Å². The molecule has 0 aromatic rings. The molecule has 0 N–H and O–H groups in total. The molecule has 0 rings (SSSR count). The maximum atomic E-state index is 2.36. The molecular weight excluding hydrogens is 146 g/mol. The third-order valence-electron chi connectivity index (χ3n) is 2.87. The van der Waals surface area contributed by atoms with Gasteiger partial charge < -0.3 is 4.90 Å². The van der Waals surface area contributed by atoms with E-state index in [1.54, 1.807) is 0 Å². The lowest BCUT2D eigenvalue weighted by Gasteiger charge is -2.35. The van der Waals surface area contributed by atoms with Crippen LogP contribution < -0.4 is 0 Å². The lowest BCUT2D eigenvalue weighted by molar-refractivity contribution is 0.137. The molecule has 0 spiro atoms. The summed E-state index contributed by atoms with van der Waals surface area (Å²) in [5.74, 6) is 2.30. The van der Waals surface area contributed by atoms with Gasteiger partial charge in [-0.1, -0.05) is 34.6 Å².